The van der Waals surface area contributed by atoms with Crippen molar-refractivity contribution in [3.8, 4) is 0 Å². The minimum Gasteiger partial charge on any atom is -0.397 e. The first-order chi connectivity index (χ1) is 7.86. The van der Waals surface area contributed by atoms with Gasteiger partial charge in [-0.15, -0.1) is 0 Å². The zero-order valence-corrected chi connectivity index (χ0v) is 10.4. The van der Waals surface area contributed by atoms with Crippen LogP contribution >= 0.6 is 11.6 Å². The van der Waals surface area contributed by atoms with Crippen molar-refractivity contribution in [2.24, 2.45) is 0 Å². The Hall–Kier alpha value is -0.860. The van der Waals surface area contributed by atoms with Gasteiger partial charge in [0.1, 0.15) is 0 Å². The molecule has 96 valence electrons. The summed E-state index contributed by atoms with van der Waals surface area (Å²) >= 11 is 5.67. The van der Waals surface area contributed by atoms with Crippen molar-refractivity contribution in [1.29, 1.82) is 0 Å². The smallest absolute Gasteiger partial charge is 0.240 e. The van der Waals surface area contributed by atoms with Gasteiger partial charge in [0.2, 0.25) is 10.0 Å². The molecular formula is C9H13ClN2O4S. The summed E-state index contributed by atoms with van der Waals surface area (Å²) in [5, 5.41) is 17.9. The molecule has 0 saturated carbocycles. The van der Waals surface area contributed by atoms with Crippen molar-refractivity contribution in [2.45, 2.75) is 11.0 Å². The monoisotopic (exact) mass is 280 g/mol. The van der Waals surface area contributed by atoms with E-state index in [4.69, 9.17) is 27.5 Å². The Morgan fingerprint density at radius 1 is 1.47 bits per heavy atom. The summed E-state index contributed by atoms with van der Waals surface area (Å²) in [7, 11) is -3.76. The van der Waals surface area contributed by atoms with Crippen LogP contribution in [0.1, 0.15) is 0 Å². The van der Waals surface area contributed by atoms with E-state index in [0.29, 0.717) is 0 Å². The highest BCUT2D eigenvalue weighted by atomic mass is 35.5. The molecule has 5 N–H and O–H groups in total. The van der Waals surface area contributed by atoms with Crippen LogP contribution in [-0.4, -0.2) is 37.9 Å². The van der Waals surface area contributed by atoms with Crippen LogP contribution in [0.15, 0.2) is 23.1 Å². The fourth-order valence-electron chi connectivity index (χ4n) is 1.04. The molecule has 0 fully saturated rings. The lowest BCUT2D eigenvalue weighted by Gasteiger charge is -2.10. The molecule has 0 bridgehead atoms. The van der Waals surface area contributed by atoms with Gasteiger partial charge in [-0.1, -0.05) is 11.6 Å². The molecule has 1 atom stereocenters. The zero-order chi connectivity index (χ0) is 13.1. The summed E-state index contributed by atoms with van der Waals surface area (Å²) in [5.41, 5.74) is 5.64. The number of benzene rings is 1. The first-order valence-corrected chi connectivity index (χ1v) is 6.56. The Labute approximate surface area is 104 Å². The molecule has 0 heterocycles. The Balaban J connectivity index is 2.86. The van der Waals surface area contributed by atoms with Gasteiger partial charge in [0.25, 0.3) is 0 Å². The van der Waals surface area contributed by atoms with E-state index < -0.39 is 22.7 Å². The van der Waals surface area contributed by atoms with Crippen LogP contribution in [0.25, 0.3) is 0 Å². The molecule has 0 radical (unpaired) electrons. The second-order valence-corrected chi connectivity index (χ2v) is 5.55. The number of nitrogens with one attached hydrogen (secondary N) is 1. The molecule has 0 saturated heterocycles. The number of aliphatic hydroxyl groups is 2. The molecular weight excluding hydrogens is 268 g/mol. The Morgan fingerprint density at radius 2 is 2.12 bits per heavy atom. The number of halogens is 1. The summed E-state index contributed by atoms with van der Waals surface area (Å²) in [6, 6.07) is 3.89. The van der Waals surface area contributed by atoms with Crippen LogP contribution in [0.5, 0.6) is 0 Å². The normalized spacial score (nSPS) is 13.6. The molecule has 0 aliphatic rings. The molecule has 1 aromatic rings. The average Bonchev–Trinajstić information content (AvgIpc) is 2.29. The first kappa shape index (κ1) is 14.2. The number of hydrogen-bond acceptors (Lipinski definition) is 5. The van der Waals surface area contributed by atoms with Crippen molar-refractivity contribution < 1.29 is 18.6 Å². The van der Waals surface area contributed by atoms with Crippen molar-refractivity contribution >= 4 is 27.3 Å². The largest absolute Gasteiger partial charge is 0.397 e. The van der Waals surface area contributed by atoms with Crippen LogP contribution in [0.4, 0.5) is 5.69 Å². The van der Waals surface area contributed by atoms with Gasteiger partial charge in [0.05, 0.1) is 28.3 Å². The number of rotatable bonds is 5. The van der Waals surface area contributed by atoms with Crippen LogP contribution in [-0.2, 0) is 10.0 Å². The Morgan fingerprint density at radius 3 is 2.65 bits per heavy atom. The number of aliphatic hydroxyl groups excluding tert-OH is 2. The predicted octanol–water partition coefficient (Wildman–Crippen LogP) is -0.446. The molecule has 0 aliphatic carbocycles. The fourth-order valence-corrected chi connectivity index (χ4v) is 2.27. The average molecular weight is 281 g/mol. The standard InChI is InChI=1S/C9H13ClN2O4S/c10-8-2-1-7(3-9(8)11)17(15,16)12-4-6(14)5-13/h1-3,6,12-14H,4-5,11H2. The van der Waals surface area contributed by atoms with Crippen molar-refractivity contribution in [3.05, 3.63) is 23.2 Å². The van der Waals surface area contributed by atoms with Crippen molar-refractivity contribution in [2.75, 3.05) is 18.9 Å². The lowest BCUT2D eigenvalue weighted by atomic mass is 10.3. The zero-order valence-electron chi connectivity index (χ0n) is 8.80. The second-order valence-electron chi connectivity index (χ2n) is 3.37. The number of nitrogens with two attached hydrogens (primary N) is 1. The molecule has 0 spiro atoms. The molecule has 0 aromatic heterocycles. The van der Waals surface area contributed by atoms with Crippen LogP contribution < -0.4 is 10.5 Å². The van der Waals surface area contributed by atoms with Gasteiger partial charge in [0.15, 0.2) is 0 Å². The van der Waals surface area contributed by atoms with E-state index >= 15 is 0 Å². The summed E-state index contributed by atoms with van der Waals surface area (Å²) < 4.78 is 25.6. The van der Waals surface area contributed by atoms with Gasteiger partial charge in [0, 0.05) is 6.54 Å². The third-order valence-corrected chi connectivity index (χ3v) is 3.76. The number of nitrogen functional groups attached to an aromatic ring is 1. The quantitative estimate of drug-likeness (QED) is 0.546. The van der Waals surface area contributed by atoms with E-state index in [1.54, 1.807) is 0 Å². The number of anilines is 1. The molecule has 8 heteroatoms. The van der Waals surface area contributed by atoms with E-state index in [2.05, 4.69) is 4.72 Å². The van der Waals surface area contributed by atoms with Gasteiger partial charge in [-0.25, -0.2) is 13.1 Å². The molecule has 17 heavy (non-hydrogen) atoms. The summed E-state index contributed by atoms with van der Waals surface area (Å²) in [4.78, 5) is -0.0514. The number of hydrogen-bond donors (Lipinski definition) is 4. The Kier molecular flexibility index (Phi) is 4.72. The molecule has 6 nitrogen and oxygen atoms in total. The summed E-state index contributed by atoms with van der Waals surface area (Å²) in [6.07, 6.45) is -1.14. The minimum absolute atomic E-state index is 0.0514. The fraction of sp³-hybridized carbons (Fsp3) is 0.333. The highest BCUT2D eigenvalue weighted by molar-refractivity contribution is 7.89. The molecule has 1 rings (SSSR count). The molecule has 1 unspecified atom stereocenters. The van der Waals surface area contributed by atoms with Gasteiger partial charge in [-0.05, 0) is 18.2 Å². The topological polar surface area (TPSA) is 113 Å². The molecule has 0 aliphatic heterocycles. The van der Waals surface area contributed by atoms with Crippen molar-refractivity contribution in [3.63, 3.8) is 0 Å². The lowest BCUT2D eigenvalue weighted by Crippen LogP contribution is -2.33. The third kappa shape index (κ3) is 3.83. The maximum Gasteiger partial charge on any atom is 0.240 e. The van der Waals surface area contributed by atoms with Gasteiger partial charge in [-0.2, -0.15) is 0 Å². The Bertz CT molecular complexity index is 492. The highest BCUT2D eigenvalue weighted by Gasteiger charge is 2.16. The van der Waals surface area contributed by atoms with Gasteiger partial charge >= 0.3 is 0 Å². The van der Waals surface area contributed by atoms with E-state index in [-0.39, 0.29) is 22.2 Å². The third-order valence-electron chi connectivity index (χ3n) is 2.00. The summed E-state index contributed by atoms with van der Waals surface area (Å²) in [6.45, 7) is -0.799. The second kappa shape index (κ2) is 5.65. The maximum atomic E-state index is 11.7. The molecule has 0 amide bonds. The van der Waals surface area contributed by atoms with Crippen LogP contribution in [0.2, 0.25) is 5.02 Å². The predicted molar refractivity (Wildman–Crippen MR) is 64.1 cm³/mol. The van der Waals surface area contributed by atoms with E-state index in [1.165, 1.54) is 18.2 Å². The highest BCUT2D eigenvalue weighted by Crippen LogP contribution is 2.21. The number of sulfonamides is 1. The van der Waals surface area contributed by atoms with Gasteiger partial charge in [-0.3, -0.25) is 0 Å². The SMILES string of the molecule is Nc1cc(S(=O)(=O)NCC(O)CO)ccc1Cl. The van der Waals surface area contributed by atoms with Crippen molar-refractivity contribution in [1.82, 2.24) is 4.72 Å². The maximum absolute atomic E-state index is 11.7. The van der Waals surface area contributed by atoms with Crippen LogP contribution in [0.3, 0.4) is 0 Å². The van der Waals surface area contributed by atoms with E-state index in [1.807, 2.05) is 0 Å². The molecule has 1 aromatic carbocycles. The van der Waals surface area contributed by atoms with E-state index in [9.17, 15) is 8.42 Å². The lowest BCUT2D eigenvalue weighted by molar-refractivity contribution is 0.0988. The minimum atomic E-state index is -3.76. The van der Waals surface area contributed by atoms with Crippen LogP contribution in [0, 0.1) is 0 Å². The van der Waals surface area contributed by atoms with Gasteiger partial charge < -0.3 is 15.9 Å². The summed E-state index contributed by atoms with van der Waals surface area (Å²) in [5.74, 6) is 0. The first-order valence-electron chi connectivity index (χ1n) is 4.70. The van der Waals surface area contributed by atoms with E-state index in [0.717, 1.165) is 0 Å².